The Hall–Kier alpha value is -1.15. The molecule has 0 saturated carbocycles. The van der Waals surface area contributed by atoms with Crippen LogP contribution in [0.15, 0.2) is 29.2 Å². The minimum atomic E-state index is -3.72. The third-order valence-electron chi connectivity index (χ3n) is 2.78. The highest BCUT2D eigenvalue weighted by atomic mass is 35.7. The Morgan fingerprint density at radius 1 is 1.30 bits per heavy atom. The van der Waals surface area contributed by atoms with E-state index in [0.717, 1.165) is 5.56 Å². The number of nitrogens with one attached hydrogen (secondary N) is 1. The normalized spacial score (nSPS) is 19.6. The summed E-state index contributed by atoms with van der Waals surface area (Å²) >= 11 is 0. The predicted octanol–water partition coefficient (Wildman–Crippen LogP) is 0.646. The van der Waals surface area contributed by atoms with Gasteiger partial charge in [-0.25, -0.2) is 8.42 Å². The van der Waals surface area contributed by atoms with Crippen molar-refractivity contribution in [3.63, 3.8) is 0 Å². The quantitative estimate of drug-likeness (QED) is 0.824. The van der Waals surface area contributed by atoms with Gasteiger partial charge in [-0.05, 0) is 17.7 Å². The van der Waals surface area contributed by atoms with Crippen molar-refractivity contribution in [3.05, 3.63) is 29.8 Å². The van der Waals surface area contributed by atoms with Gasteiger partial charge in [0.2, 0.25) is 0 Å². The van der Waals surface area contributed by atoms with E-state index in [-0.39, 0.29) is 24.0 Å². The second-order valence-corrected chi connectivity index (χ2v) is 6.80. The van der Waals surface area contributed by atoms with Gasteiger partial charge in [0, 0.05) is 17.2 Å². The molecule has 2 rings (SSSR count). The molecular formula is C12H14ClNO5S. The lowest BCUT2D eigenvalue weighted by molar-refractivity contribution is -0.147. The van der Waals surface area contributed by atoms with E-state index >= 15 is 0 Å². The molecule has 1 aliphatic heterocycles. The van der Waals surface area contributed by atoms with E-state index < -0.39 is 15.2 Å². The van der Waals surface area contributed by atoms with Crippen molar-refractivity contribution in [2.45, 2.75) is 17.5 Å². The third-order valence-corrected chi connectivity index (χ3v) is 4.15. The van der Waals surface area contributed by atoms with Crippen molar-refractivity contribution < 1.29 is 22.7 Å². The number of carbonyl (C=O) groups is 1. The number of amides is 1. The smallest absolute Gasteiger partial charge is 0.261 e. The maximum atomic E-state index is 11.8. The van der Waals surface area contributed by atoms with Gasteiger partial charge < -0.3 is 14.8 Å². The van der Waals surface area contributed by atoms with Crippen LogP contribution in [0.4, 0.5) is 0 Å². The summed E-state index contributed by atoms with van der Waals surface area (Å²) in [5, 5.41) is 2.70. The van der Waals surface area contributed by atoms with Gasteiger partial charge in [0.15, 0.2) is 6.10 Å². The number of halogens is 1. The van der Waals surface area contributed by atoms with Gasteiger partial charge in [-0.1, -0.05) is 12.1 Å². The zero-order valence-electron chi connectivity index (χ0n) is 10.5. The van der Waals surface area contributed by atoms with Crippen LogP contribution in [0.3, 0.4) is 0 Å². The fourth-order valence-electron chi connectivity index (χ4n) is 1.71. The lowest BCUT2D eigenvalue weighted by atomic mass is 10.2. The highest BCUT2D eigenvalue weighted by molar-refractivity contribution is 8.13. The maximum absolute atomic E-state index is 11.8. The summed E-state index contributed by atoms with van der Waals surface area (Å²) < 4.78 is 32.6. The van der Waals surface area contributed by atoms with Gasteiger partial charge in [-0.2, -0.15) is 0 Å². The Morgan fingerprint density at radius 3 is 2.55 bits per heavy atom. The minimum absolute atomic E-state index is 0.0262. The molecule has 1 aromatic carbocycles. The maximum Gasteiger partial charge on any atom is 0.261 e. The molecule has 8 heteroatoms. The van der Waals surface area contributed by atoms with E-state index in [4.69, 9.17) is 20.2 Å². The molecule has 1 aromatic rings. The molecule has 1 unspecified atom stereocenters. The molecule has 1 fully saturated rings. The molecule has 0 aliphatic carbocycles. The van der Waals surface area contributed by atoms with E-state index in [0.29, 0.717) is 13.2 Å². The number of benzene rings is 1. The number of rotatable bonds is 4. The number of carbonyl (C=O) groups excluding carboxylic acids is 1. The second kappa shape index (κ2) is 6.53. The first kappa shape index (κ1) is 15.2. The summed E-state index contributed by atoms with van der Waals surface area (Å²) in [5.74, 6) is -0.251. The van der Waals surface area contributed by atoms with Crippen LogP contribution in [0.5, 0.6) is 0 Å². The molecule has 0 bridgehead atoms. The van der Waals surface area contributed by atoms with Crippen molar-refractivity contribution in [2.75, 3.05) is 19.8 Å². The van der Waals surface area contributed by atoms with Crippen LogP contribution in [-0.2, 0) is 29.9 Å². The number of hydrogen-bond acceptors (Lipinski definition) is 5. The predicted molar refractivity (Wildman–Crippen MR) is 71.9 cm³/mol. The Labute approximate surface area is 121 Å². The van der Waals surface area contributed by atoms with Gasteiger partial charge in [0.1, 0.15) is 0 Å². The number of ether oxygens (including phenoxy) is 2. The molecule has 1 aliphatic rings. The largest absolute Gasteiger partial charge is 0.376 e. The van der Waals surface area contributed by atoms with Crippen molar-refractivity contribution in [3.8, 4) is 0 Å². The zero-order chi connectivity index (χ0) is 14.6. The van der Waals surface area contributed by atoms with Crippen molar-refractivity contribution >= 4 is 25.6 Å². The van der Waals surface area contributed by atoms with E-state index in [1.165, 1.54) is 12.1 Å². The Bertz CT molecular complexity index is 566. The summed E-state index contributed by atoms with van der Waals surface area (Å²) in [6.45, 7) is 1.43. The van der Waals surface area contributed by atoms with Gasteiger partial charge in [0.05, 0.1) is 24.7 Å². The van der Waals surface area contributed by atoms with Crippen molar-refractivity contribution in [1.29, 1.82) is 0 Å². The van der Waals surface area contributed by atoms with Crippen LogP contribution >= 0.6 is 10.7 Å². The van der Waals surface area contributed by atoms with Crippen molar-refractivity contribution in [2.24, 2.45) is 0 Å². The SMILES string of the molecule is O=C(NCc1ccc(S(=O)(=O)Cl)cc1)C1COCCO1. The average molecular weight is 320 g/mol. The van der Waals surface area contributed by atoms with Crippen molar-refractivity contribution in [1.82, 2.24) is 5.32 Å². The van der Waals surface area contributed by atoms with Gasteiger partial charge in [0.25, 0.3) is 15.0 Å². The summed E-state index contributed by atoms with van der Waals surface area (Å²) in [5.41, 5.74) is 0.763. The molecule has 110 valence electrons. The molecule has 1 N–H and O–H groups in total. The Morgan fingerprint density at radius 2 is 2.00 bits per heavy atom. The monoisotopic (exact) mass is 319 g/mol. The Kier molecular flexibility index (Phi) is 4.98. The Balaban J connectivity index is 1.89. The fourth-order valence-corrected chi connectivity index (χ4v) is 2.48. The van der Waals surface area contributed by atoms with Crippen LogP contribution < -0.4 is 5.32 Å². The van der Waals surface area contributed by atoms with Crippen LogP contribution in [0, 0.1) is 0 Å². The minimum Gasteiger partial charge on any atom is -0.376 e. The molecule has 1 atom stereocenters. The molecule has 6 nitrogen and oxygen atoms in total. The van der Waals surface area contributed by atoms with E-state index in [1.54, 1.807) is 12.1 Å². The molecule has 20 heavy (non-hydrogen) atoms. The zero-order valence-corrected chi connectivity index (χ0v) is 12.1. The third kappa shape index (κ3) is 4.17. The summed E-state index contributed by atoms with van der Waals surface area (Å²) in [6, 6.07) is 5.97. The molecule has 1 amide bonds. The van der Waals surface area contributed by atoms with Crippen LogP contribution in [0.1, 0.15) is 5.56 Å². The van der Waals surface area contributed by atoms with E-state index in [2.05, 4.69) is 5.32 Å². The lowest BCUT2D eigenvalue weighted by Crippen LogP contribution is -2.42. The first-order valence-corrected chi connectivity index (χ1v) is 8.28. The number of hydrogen-bond donors (Lipinski definition) is 1. The summed E-state index contributed by atoms with van der Waals surface area (Å²) in [7, 11) is 1.49. The molecule has 0 spiro atoms. The highest BCUT2D eigenvalue weighted by Gasteiger charge is 2.22. The van der Waals surface area contributed by atoms with Crippen LogP contribution in [0.25, 0.3) is 0 Å². The first-order chi connectivity index (χ1) is 9.47. The lowest BCUT2D eigenvalue weighted by Gasteiger charge is -2.22. The molecule has 0 aromatic heterocycles. The molecular weight excluding hydrogens is 306 g/mol. The second-order valence-electron chi connectivity index (χ2n) is 4.23. The van der Waals surface area contributed by atoms with Crippen LogP contribution in [0.2, 0.25) is 0 Å². The van der Waals surface area contributed by atoms with Gasteiger partial charge in [-0.3, -0.25) is 4.79 Å². The van der Waals surface area contributed by atoms with Crippen LogP contribution in [-0.4, -0.2) is 40.2 Å². The van der Waals surface area contributed by atoms with Gasteiger partial charge in [-0.15, -0.1) is 0 Å². The standard InChI is InChI=1S/C12H14ClNO5S/c13-20(16,17)10-3-1-9(2-4-10)7-14-12(15)11-8-18-5-6-19-11/h1-4,11H,5-8H2,(H,14,15). The van der Waals surface area contributed by atoms with Gasteiger partial charge >= 0.3 is 0 Å². The summed E-state index contributed by atoms with van der Waals surface area (Å²) in [6.07, 6.45) is -0.591. The molecule has 1 heterocycles. The first-order valence-electron chi connectivity index (χ1n) is 5.97. The highest BCUT2D eigenvalue weighted by Crippen LogP contribution is 2.15. The fraction of sp³-hybridized carbons (Fsp3) is 0.417. The molecule has 1 saturated heterocycles. The molecule has 0 radical (unpaired) electrons. The average Bonchev–Trinajstić information content (AvgIpc) is 2.45. The van der Waals surface area contributed by atoms with E-state index in [1.807, 2.05) is 0 Å². The topological polar surface area (TPSA) is 81.7 Å². The van der Waals surface area contributed by atoms with E-state index in [9.17, 15) is 13.2 Å². The summed E-state index contributed by atoms with van der Waals surface area (Å²) in [4.78, 5) is 11.8.